The van der Waals surface area contributed by atoms with E-state index in [2.05, 4.69) is 11.6 Å². The summed E-state index contributed by atoms with van der Waals surface area (Å²) in [6.45, 7) is 2.16. The standard InChI is InChI=1S/C14H21FN2O2S/c1-10-2-4-12(5-3-10)17-20(18,19)13-6-7-14(15)11(8-13)9-16/h6-8,10,12,17H,2-5,9,16H2,1H3. The van der Waals surface area contributed by atoms with E-state index in [1.54, 1.807) is 0 Å². The van der Waals surface area contributed by atoms with Gasteiger partial charge in [-0.05, 0) is 49.8 Å². The van der Waals surface area contributed by atoms with Gasteiger partial charge in [-0.2, -0.15) is 0 Å². The molecule has 0 unspecified atom stereocenters. The Morgan fingerprint density at radius 3 is 2.55 bits per heavy atom. The molecule has 0 spiro atoms. The minimum atomic E-state index is -3.60. The SMILES string of the molecule is CC1CCC(NS(=O)(=O)c2ccc(F)c(CN)c2)CC1. The summed E-state index contributed by atoms with van der Waals surface area (Å²) in [5, 5.41) is 0. The van der Waals surface area contributed by atoms with Crippen molar-refractivity contribution in [2.75, 3.05) is 0 Å². The van der Waals surface area contributed by atoms with Crippen molar-refractivity contribution >= 4 is 10.0 Å². The number of hydrogen-bond donors (Lipinski definition) is 2. The van der Waals surface area contributed by atoms with E-state index in [1.165, 1.54) is 12.1 Å². The van der Waals surface area contributed by atoms with E-state index in [-0.39, 0.29) is 23.0 Å². The normalized spacial score (nSPS) is 23.8. The monoisotopic (exact) mass is 300 g/mol. The van der Waals surface area contributed by atoms with Gasteiger partial charge in [-0.15, -0.1) is 0 Å². The topological polar surface area (TPSA) is 72.2 Å². The maximum atomic E-state index is 13.4. The number of nitrogens with two attached hydrogens (primary N) is 1. The summed E-state index contributed by atoms with van der Waals surface area (Å²) < 4.78 is 40.7. The second-order valence-electron chi connectivity index (χ2n) is 5.54. The van der Waals surface area contributed by atoms with Crippen LogP contribution in [0.15, 0.2) is 23.1 Å². The van der Waals surface area contributed by atoms with Gasteiger partial charge in [0.1, 0.15) is 5.82 Å². The number of rotatable bonds is 4. The quantitative estimate of drug-likeness (QED) is 0.895. The molecule has 1 fully saturated rings. The molecule has 1 aliphatic carbocycles. The van der Waals surface area contributed by atoms with Crippen molar-refractivity contribution in [2.24, 2.45) is 11.7 Å². The van der Waals surface area contributed by atoms with Crippen LogP contribution in [0.4, 0.5) is 4.39 Å². The summed E-state index contributed by atoms with van der Waals surface area (Å²) in [4.78, 5) is 0.0815. The Hall–Kier alpha value is -0.980. The first kappa shape index (κ1) is 15.4. The fourth-order valence-electron chi connectivity index (χ4n) is 2.54. The highest BCUT2D eigenvalue weighted by atomic mass is 32.2. The second kappa shape index (κ2) is 6.20. The van der Waals surface area contributed by atoms with Crippen LogP contribution in [0.25, 0.3) is 0 Å². The lowest BCUT2D eigenvalue weighted by atomic mass is 9.88. The summed E-state index contributed by atoms with van der Waals surface area (Å²) >= 11 is 0. The molecule has 0 bridgehead atoms. The predicted molar refractivity (Wildman–Crippen MR) is 76.0 cm³/mol. The van der Waals surface area contributed by atoms with Crippen molar-refractivity contribution < 1.29 is 12.8 Å². The fraction of sp³-hybridized carbons (Fsp3) is 0.571. The third-order valence-corrected chi connectivity index (χ3v) is 5.40. The highest BCUT2D eigenvalue weighted by molar-refractivity contribution is 7.89. The largest absolute Gasteiger partial charge is 0.326 e. The molecule has 20 heavy (non-hydrogen) atoms. The van der Waals surface area contributed by atoms with Gasteiger partial charge in [0.15, 0.2) is 0 Å². The minimum absolute atomic E-state index is 0.0177. The Morgan fingerprint density at radius 2 is 1.95 bits per heavy atom. The molecule has 1 saturated carbocycles. The molecule has 0 atom stereocenters. The zero-order valence-electron chi connectivity index (χ0n) is 11.6. The van der Waals surface area contributed by atoms with Gasteiger partial charge >= 0.3 is 0 Å². The molecule has 1 aliphatic rings. The molecule has 0 aliphatic heterocycles. The minimum Gasteiger partial charge on any atom is -0.326 e. The van der Waals surface area contributed by atoms with Crippen molar-refractivity contribution in [3.8, 4) is 0 Å². The van der Waals surface area contributed by atoms with Crippen LogP contribution >= 0.6 is 0 Å². The fourth-order valence-corrected chi connectivity index (χ4v) is 3.90. The highest BCUT2D eigenvalue weighted by Crippen LogP contribution is 2.25. The Kier molecular flexibility index (Phi) is 4.78. The molecule has 3 N–H and O–H groups in total. The van der Waals surface area contributed by atoms with Crippen LogP contribution in [0.1, 0.15) is 38.2 Å². The van der Waals surface area contributed by atoms with E-state index in [1.807, 2.05) is 0 Å². The van der Waals surface area contributed by atoms with Gasteiger partial charge < -0.3 is 5.73 Å². The third-order valence-electron chi connectivity index (χ3n) is 3.89. The van der Waals surface area contributed by atoms with E-state index < -0.39 is 15.8 Å². The first-order chi connectivity index (χ1) is 9.42. The second-order valence-corrected chi connectivity index (χ2v) is 7.25. The Labute approximate surface area is 119 Å². The lowest BCUT2D eigenvalue weighted by Crippen LogP contribution is -2.37. The summed E-state index contributed by atoms with van der Waals surface area (Å²) in [5.74, 6) is 0.184. The van der Waals surface area contributed by atoms with Crippen molar-refractivity contribution in [2.45, 2.75) is 50.1 Å². The number of nitrogens with one attached hydrogen (secondary N) is 1. The molecular formula is C14H21FN2O2S. The lowest BCUT2D eigenvalue weighted by Gasteiger charge is -2.26. The number of benzene rings is 1. The third kappa shape index (κ3) is 3.56. The average Bonchev–Trinajstić information content (AvgIpc) is 2.41. The Morgan fingerprint density at radius 1 is 1.30 bits per heavy atom. The maximum absolute atomic E-state index is 13.4. The molecule has 0 radical (unpaired) electrons. The summed E-state index contributed by atoms with van der Waals surface area (Å²) in [6.07, 6.45) is 3.77. The van der Waals surface area contributed by atoms with Gasteiger partial charge in [0, 0.05) is 18.2 Å². The van der Waals surface area contributed by atoms with Crippen LogP contribution < -0.4 is 10.5 Å². The number of hydrogen-bond acceptors (Lipinski definition) is 3. The summed E-state index contributed by atoms with van der Waals surface area (Å²) in [6, 6.07) is 3.72. The van der Waals surface area contributed by atoms with Crippen LogP contribution in [0.2, 0.25) is 0 Å². The maximum Gasteiger partial charge on any atom is 0.240 e. The lowest BCUT2D eigenvalue weighted by molar-refractivity contribution is 0.332. The van der Waals surface area contributed by atoms with Gasteiger partial charge in [-0.1, -0.05) is 6.92 Å². The van der Waals surface area contributed by atoms with Crippen LogP contribution in [0.3, 0.4) is 0 Å². The van der Waals surface area contributed by atoms with E-state index in [0.717, 1.165) is 31.7 Å². The molecule has 0 saturated heterocycles. The molecule has 0 amide bonds. The van der Waals surface area contributed by atoms with Gasteiger partial charge in [0.05, 0.1) is 4.90 Å². The van der Waals surface area contributed by atoms with Gasteiger partial charge in [0.25, 0.3) is 0 Å². The first-order valence-corrected chi connectivity index (χ1v) is 8.41. The van der Waals surface area contributed by atoms with E-state index in [4.69, 9.17) is 5.73 Å². The van der Waals surface area contributed by atoms with Crippen LogP contribution in [0.5, 0.6) is 0 Å². The molecule has 6 heteroatoms. The molecule has 2 rings (SSSR count). The van der Waals surface area contributed by atoms with Crippen LogP contribution in [-0.2, 0) is 16.6 Å². The molecule has 0 aromatic heterocycles. The van der Waals surface area contributed by atoms with Crippen LogP contribution in [0, 0.1) is 11.7 Å². The van der Waals surface area contributed by atoms with Crippen molar-refractivity contribution in [1.82, 2.24) is 4.72 Å². The molecule has 0 heterocycles. The molecular weight excluding hydrogens is 279 g/mol. The predicted octanol–water partition coefficient (Wildman–Crippen LogP) is 2.14. The number of sulfonamides is 1. The molecule has 112 valence electrons. The molecule has 4 nitrogen and oxygen atoms in total. The average molecular weight is 300 g/mol. The van der Waals surface area contributed by atoms with E-state index in [0.29, 0.717) is 5.92 Å². The zero-order valence-corrected chi connectivity index (χ0v) is 12.4. The Balaban J connectivity index is 2.14. The van der Waals surface area contributed by atoms with E-state index >= 15 is 0 Å². The van der Waals surface area contributed by atoms with Crippen molar-refractivity contribution in [3.05, 3.63) is 29.6 Å². The van der Waals surface area contributed by atoms with Crippen LogP contribution in [-0.4, -0.2) is 14.5 Å². The highest BCUT2D eigenvalue weighted by Gasteiger charge is 2.24. The first-order valence-electron chi connectivity index (χ1n) is 6.93. The van der Waals surface area contributed by atoms with Crippen molar-refractivity contribution in [3.63, 3.8) is 0 Å². The summed E-state index contributed by atoms with van der Waals surface area (Å²) in [5.41, 5.74) is 5.62. The van der Waals surface area contributed by atoms with E-state index in [9.17, 15) is 12.8 Å². The number of halogens is 1. The Bertz CT molecular complexity index is 567. The van der Waals surface area contributed by atoms with Gasteiger partial charge in [-0.3, -0.25) is 0 Å². The van der Waals surface area contributed by atoms with Gasteiger partial charge in [-0.25, -0.2) is 17.5 Å². The van der Waals surface area contributed by atoms with Crippen molar-refractivity contribution in [1.29, 1.82) is 0 Å². The molecule has 1 aromatic carbocycles. The summed E-state index contributed by atoms with van der Waals surface area (Å²) in [7, 11) is -3.60. The smallest absolute Gasteiger partial charge is 0.240 e. The zero-order chi connectivity index (χ0) is 14.8. The molecule has 1 aromatic rings. The van der Waals surface area contributed by atoms with Gasteiger partial charge in [0.2, 0.25) is 10.0 Å².